The van der Waals surface area contributed by atoms with Gasteiger partial charge in [0.15, 0.2) is 0 Å². The Bertz CT molecular complexity index is 853. The van der Waals surface area contributed by atoms with E-state index in [-0.39, 0.29) is 17.7 Å². The lowest BCUT2D eigenvalue weighted by Crippen LogP contribution is -2.38. The molecule has 1 saturated heterocycles. The zero-order chi connectivity index (χ0) is 18.3. The van der Waals surface area contributed by atoms with Crippen molar-refractivity contribution in [2.24, 2.45) is 13.0 Å². The third-order valence-corrected chi connectivity index (χ3v) is 5.61. The average molecular weight is 354 g/mol. The molecule has 6 heteroatoms. The zero-order valence-corrected chi connectivity index (χ0v) is 15.6. The van der Waals surface area contributed by atoms with Crippen molar-refractivity contribution >= 4 is 22.8 Å². The highest BCUT2D eigenvalue weighted by molar-refractivity contribution is 5.83. The Morgan fingerprint density at radius 3 is 2.62 bits per heavy atom. The summed E-state index contributed by atoms with van der Waals surface area (Å²) in [4.78, 5) is 33.4. The first-order chi connectivity index (χ1) is 12.5. The van der Waals surface area contributed by atoms with Crippen molar-refractivity contribution < 1.29 is 9.59 Å². The molecule has 6 nitrogen and oxygen atoms in total. The van der Waals surface area contributed by atoms with Gasteiger partial charge >= 0.3 is 0 Å². The molecule has 2 fully saturated rings. The third kappa shape index (κ3) is 3.32. The van der Waals surface area contributed by atoms with Crippen molar-refractivity contribution in [2.45, 2.75) is 32.6 Å². The van der Waals surface area contributed by atoms with Crippen LogP contribution in [0.25, 0.3) is 11.0 Å². The van der Waals surface area contributed by atoms with E-state index in [0.717, 1.165) is 54.8 Å². The van der Waals surface area contributed by atoms with Crippen LogP contribution in [-0.2, 0) is 23.1 Å². The molecular formula is C20H26N4O2. The number of aryl methyl sites for hydroxylation is 2. The van der Waals surface area contributed by atoms with Crippen LogP contribution in [0.5, 0.6) is 0 Å². The van der Waals surface area contributed by atoms with Crippen LogP contribution in [-0.4, -0.2) is 57.3 Å². The number of amides is 2. The number of nitrogens with zero attached hydrogens (tertiary/aromatic N) is 4. The van der Waals surface area contributed by atoms with E-state index in [4.69, 9.17) is 0 Å². The topological polar surface area (TPSA) is 58.4 Å². The van der Waals surface area contributed by atoms with Gasteiger partial charge in [-0.1, -0.05) is 6.07 Å². The van der Waals surface area contributed by atoms with Crippen LogP contribution in [0, 0.1) is 12.8 Å². The highest BCUT2D eigenvalue weighted by Crippen LogP contribution is 2.31. The maximum atomic E-state index is 12.7. The molecule has 138 valence electrons. The Morgan fingerprint density at radius 2 is 1.85 bits per heavy atom. The molecule has 0 N–H and O–H groups in total. The minimum atomic E-state index is 0.137. The minimum absolute atomic E-state index is 0.137. The Labute approximate surface area is 153 Å². The second kappa shape index (κ2) is 6.74. The van der Waals surface area contributed by atoms with Gasteiger partial charge in [0.1, 0.15) is 5.82 Å². The fourth-order valence-corrected chi connectivity index (χ4v) is 3.74. The summed E-state index contributed by atoms with van der Waals surface area (Å²) in [5, 5.41) is 0. The van der Waals surface area contributed by atoms with Crippen LogP contribution < -0.4 is 0 Å². The first-order valence-corrected chi connectivity index (χ1v) is 9.51. The molecule has 0 bridgehead atoms. The lowest BCUT2D eigenvalue weighted by atomic mass is 10.1. The number of imidazole rings is 1. The van der Waals surface area contributed by atoms with Crippen LogP contribution in [0.3, 0.4) is 0 Å². The number of fused-ring (bicyclic) bond motifs is 1. The second-order valence-electron chi connectivity index (χ2n) is 7.55. The number of hydrogen-bond acceptors (Lipinski definition) is 3. The van der Waals surface area contributed by atoms with Gasteiger partial charge < -0.3 is 14.4 Å². The Hall–Kier alpha value is -2.37. The predicted molar refractivity (Wildman–Crippen MR) is 99.7 cm³/mol. The van der Waals surface area contributed by atoms with Crippen molar-refractivity contribution in [2.75, 3.05) is 26.2 Å². The first-order valence-electron chi connectivity index (χ1n) is 9.51. The van der Waals surface area contributed by atoms with E-state index in [9.17, 15) is 9.59 Å². The molecule has 26 heavy (non-hydrogen) atoms. The van der Waals surface area contributed by atoms with Gasteiger partial charge in [0.25, 0.3) is 0 Å². The fourth-order valence-electron chi connectivity index (χ4n) is 3.74. The molecule has 2 aromatic rings. The van der Waals surface area contributed by atoms with Gasteiger partial charge in [-0.15, -0.1) is 0 Å². The Morgan fingerprint density at radius 1 is 1.12 bits per heavy atom. The molecule has 1 aromatic carbocycles. The van der Waals surface area contributed by atoms with Gasteiger partial charge in [-0.3, -0.25) is 9.59 Å². The molecule has 1 saturated carbocycles. The SMILES string of the molecule is Cc1nc2cc(CC(=O)N3CCCN(C(=O)C4CC4)CC3)ccc2n1C. The predicted octanol–water partition coefficient (Wildman–Crippen LogP) is 1.90. The van der Waals surface area contributed by atoms with E-state index in [1.165, 1.54) is 0 Å². The molecule has 1 aliphatic heterocycles. The Kier molecular flexibility index (Phi) is 4.42. The van der Waals surface area contributed by atoms with Crippen LogP contribution >= 0.6 is 0 Å². The van der Waals surface area contributed by atoms with Gasteiger partial charge in [0.05, 0.1) is 17.5 Å². The average Bonchev–Trinajstić information content (AvgIpc) is 3.44. The number of benzene rings is 1. The highest BCUT2D eigenvalue weighted by Gasteiger charge is 2.34. The molecule has 2 heterocycles. The Balaban J connectivity index is 1.40. The number of rotatable bonds is 3. The van der Waals surface area contributed by atoms with Crippen molar-refractivity contribution in [1.29, 1.82) is 0 Å². The lowest BCUT2D eigenvalue weighted by molar-refractivity contribution is -0.134. The lowest BCUT2D eigenvalue weighted by Gasteiger charge is -2.22. The first kappa shape index (κ1) is 17.1. The summed E-state index contributed by atoms with van der Waals surface area (Å²) < 4.78 is 2.06. The highest BCUT2D eigenvalue weighted by atomic mass is 16.2. The van der Waals surface area contributed by atoms with Crippen LogP contribution in [0.4, 0.5) is 0 Å². The van der Waals surface area contributed by atoms with Crippen molar-refractivity contribution in [3.8, 4) is 0 Å². The normalized spacial score (nSPS) is 18.2. The maximum Gasteiger partial charge on any atom is 0.227 e. The van der Waals surface area contributed by atoms with E-state index >= 15 is 0 Å². The van der Waals surface area contributed by atoms with Crippen molar-refractivity contribution in [1.82, 2.24) is 19.4 Å². The summed E-state index contributed by atoms with van der Waals surface area (Å²) in [7, 11) is 2.00. The zero-order valence-electron chi connectivity index (χ0n) is 15.6. The largest absolute Gasteiger partial charge is 0.341 e. The van der Waals surface area contributed by atoms with Gasteiger partial charge in [-0.25, -0.2) is 4.98 Å². The van der Waals surface area contributed by atoms with E-state index < -0.39 is 0 Å². The molecule has 0 radical (unpaired) electrons. The molecule has 0 unspecified atom stereocenters. The van der Waals surface area contributed by atoms with E-state index in [1.807, 2.05) is 42.0 Å². The van der Waals surface area contributed by atoms with Crippen LogP contribution in [0.1, 0.15) is 30.7 Å². The number of hydrogen-bond donors (Lipinski definition) is 0. The summed E-state index contributed by atoms with van der Waals surface area (Å²) in [5.74, 6) is 1.65. The maximum absolute atomic E-state index is 12.7. The molecule has 2 aliphatic rings. The smallest absolute Gasteiger partial charge is 0.227 e. The van der Waals surface area contributed by atoms with Gasteiger partial charge in [-0.2, -0.15) is 0 Å². The van der Waals surface area contributed by atoms with Crippen molar-refractivity contribution in [3.63, 3.8) is 0 Å². The van der Waals surface area contributed by atoms with E-state index in [0.29, 0.717) is 19.5 Å². The van der Waals surface area contributed by atoms with E-state index in [2.05, 4.69) is 9.55 Å². The fraction of sp³-hybridized carbons (Fsp3) is 0.550. The van der Waals surface area contributed by atoms with Crippen LogP contribution in [0.2, 0.25) is 0 Å². The summed E-state index contributed by atoms with van der Waals surface area (Å²) in [5.41, 5.74) is 3.02. The monoisotopic (exact) mass is 354 g/mol. The molecule has 1 aliphatic carbocycles. The quantitative estimate of drug-likeness (QED) is 0.846. The molecule has 4 rings (SSSR count). The summed E-state index contributed by atoms with van der Waals surface area (Å²) >= 11 is 0. The standard InChI is InChI=1S/C20H26N4O2/c1-14-21-17-12-15(4-7-18(17)22(14)2)13-19(25)23-8-3-9-24(11-10-23)20(26)16-5-6-16/h4,7,12,16H,3,5-6,8-11,13H2,1-2H3. The van der Waals surface area contributed by atoms with Crippen LogP contribution in [0.15, 0.2) is 18.2 Å². The third-order valence-electron chi connectivity index (χ3n) is 5.61. The molecule has 2 amide bonds. The summed E-state index contributed by atoms with van der Waals surface area (Å²) in [6, 6.07) is 6.07. The van der Waals surface area contributed by atoms with Gasteiger partial charge in [0.2, 0.25) is 11.8 Å². The molecule has 0 spiro atoms. The summed E-state index contributed by atoms with van der Waals surface area (Å²) in [6.07, 6.45) is 3.33. The molecule has 1 aromatic heterocycles. The summed E-state index contributed by atoms with van der Waals surface area (Å²) in [6.45, 7) is 4.80. The van der Waals surface area contributed by atoms with Gasteiger partial charge in [-0.05, 0) is 43.9 Å². The number of aromatic nitrogens is 2. The minimum Gasteiger partial charge on any atom is -0.341 e. The molecular weight excluding hydrogens is 328 g/mol. The molecule has 0 atom stereocenters. The van der Waals surface area contributed by atoms with E-state index in [1.54, 1.807) is 0 Å². The second-order valence-corrected chi connectivity index (χ2v) is 7.55. The van der Waals surface area contributed by atoms with Crippen molar-refractivity contribution in [3.05, 3.63) is 29.6 Å². The number of carbonyl (C=O) groups is 2. The van der Waals surface area contributed by atoms with Gasteiger partial charge in [0, 0.05) is 39.1 Å². The number of carbonyl (C=O) groups excluding carboxylic acids is 2.